The van der Waals surface area contributed by atoms with Crippen molar-refractivity contribution in [3.8, 4) is 0 Å². The number of amides is 2. The third-order valence-corrected chi connectivity index (χ3v) is 5.59. The minimum atomic E-state index is 0. The van der Waals surface area contributed by atoms with Gasteiger partial charge in [-0.2, -0.15) is 0 Å². The van der Waals surface area contributed by atoms with E-state index in [2.05, 4.69) is 50.8 Å². The van der Waals surface area contributed by atoms with Crippen molar-refractivity contribution in [3.05, 3.63) is 35.9 Å². The van der Waals surface area contributed by atoms with Gasteiger partial charge in [0.2, 0.25) is 0 Å². The van der Waals surface area contributed by atoms with Gasteiger partial charge in [0.25, 0.3) is 0 Å². The number of benzene rings is 1. The number of nitrogens with one attached hydrogen (secondary N) is 2. The first-order valence-corrected chi connectivity index (χ1v) is 10.3. The first kappa shape index (κ1) is 25.0. The summed E-state index contributed by atoms with van der Waals surface area (Å²) in [6.07, 6.45) is 7.12. The predicted molar refractivity (Wildman–Crippen MR) is 121 cm³/mol. The van der Waals surface area contributed by atoms with Crippen molar-refractivity contribution in [1.29, 1.82) is 0 Å². The molecule has 2 fully saturated rings. The molecule has 2 aliphatic rings. The first-order chi connectivity index (χ1) is 12.8. The maximum atomic E-state index is 11.9. The number of halogens is 2. The van der Waals surface area contributed by atoms with Crippen LogP contribution >= 0.6 is 24.8 Å². The lowest BCUT2D eigenvalue weighted by Crippen LogP contribution is -2.47. The summed E-state index contributed by atoms with van der Waals surface area (Å²) >= 11 is 0. The molecule has 28 heavy (non-hydrogen) atoms. The van der Waals surface area contributed by atoms with Crippen LogP contribution in [0.1, 0.15) is 44.1 Å². The Morgan fingerprint density at radius 3 is 2.25 bits per heavy atom. The van der Waals surface area contributed by atoms with Gasteiger partial charge >= 0.3 is 6.03 Å². The van der Waals surface area contributed by atoms with Crippen molar-refractivity contribution in [2.45, 2.75) is 51.1 Å². The van der Waals surface area contributed by atoms with Crippen molar-refractivity contribution >= 4 is 30.8 Å². The number of nitrogens with zero attached hydrogens (tertiary/aromatic N) is 2. The van der Waals surface area contributed by atoms with Crippen molar-refractivity contribution in [1.82, 2.24) is 20.4 Å². The Morgan fingerprint density at radius 2 is 1.57 bits per heavy atom. The summed E-state index contributed by atoms with van der Waals surface area (Å²) in [6.45, 7) is 7.40. The van der Waals surface area contributed by atoms with Gasteiger partial charge < -0.3 is 15.5 Å². The highest BCUT2D eigenvalue weighted by molar-refractivity contribution is 5.85. The van der Waals surface area contributed by atoms with E-state index in [0.717, 1.165) is 65.1 Å². The third-order valence-electron chi connectivity index (χ3n) is 5.59. The zero-order chi connectivity index (χ0) is 18.0. The topological polar surface area (TPSA) is 47.6 Å². The Bertz CT molecular complexity index is 532. The van der Waals surface area contributed by atoms with Gasteiger partial charge in [0.1, 0.15) is 0 Å². The van der Waals surface area contributed by atoms with Crippen LogP contribution in [0.4, 0.5) is 4.79 Å². The molecule has 1 heterocycles. The van der Waals surface area contributed by atoms with Gasteiger partial charge in [-0.1, -0.05) is 49.6 Å². The summed E-state index contributed by atoms with van der Waals surface area (Å²) < 4.78 is 0. The number of carbonyl (C=O) groups excluding carboxylic acids is 1. The zero-order valence-corrected chi connectivity index (χ0v) is 18.4. The van der Waals surface area contributed by atoms with E-state index in [9.17, 15) is 4.79 Å². The largest absolute Gasteiger partial charge is 0.338 e. The number of rotatable bonds is 7. The van der Waals surface area contributed by atoms with Gasteiger partial charge in [0.15, 0.2) is 0 Å². The standard InChI is InChI=1S/C21H34N4O.2ClH/c26-21(23-20-10-5-2-6-11-20)22-12-7-13-24-14-16-25(17-15-24)18-19-8-3-1-4-9-19;;/h1,3-4,8-9,20H,2,5-7,10-18H2,(H2,22,23,26);2*1H. The Balaban J connectivity index is 0.00000196. The van der Waals surface area contributed by atoms with E-state index in [0.29, 0.717) is 6.04 Å². The Kier molecular flexibility index (Phi) is 12.6. The van der Waals surface area contributed by atoms with Crippen LogP contribution in [0.15, 0.2) is 30.3 Å². The fraction of sp³-hybridized carbons (Fsp3) is 0.667. The number of urea groups is 1. The second-order valence-corrected chi connectivity index (χ2v) is 7.69. The lowest BCUT2D eigenvalue weighted by atomic mass is 9.96. The van der Waals surface area contributed by atoms with Crippen molar-refractivity contribution in [3.63, 3.8) is 0 Å². The van der Waals surface area contributed by atoms with Crippen LogP contribution in [0, 0.1) is 0 Å². The predicted octanol–water partition coefficient (Wildman–Crippen LogP) is 3.67. The second-order valence-electron chi connectivity index (χ2n) is 7.69. The molecule has 1 aliphatic heterocycles. The summed E-state index contributed by atoms with van der Waals surface area (Å²) in [6, 6.07) is 11.1. The molecule has 0 bridgehead atoms. The maximum absolute atomic E-state index is 11.9. The molecule has 5 nitrogen and oxygen atoms in total. The van der Waals surface area contributed by atoms with E-state index in [4.69, 9.17) is 0 Å². The molecule has 1 aromatic rings. The maximum Gasteiger partial charge on any atom is 0.315 e. The minimum Gasteiger partial charge on any atom is -0.338 e. The molecule has 1 saturated heterocycles. The minimum absolute atomic E-state index is 0. The van der Waals surface area contributed by atoms with E-state index < -0.39 is 0 Å². The monoisotopic (exact) mass is 430 g/mol. The SMILES string of the molecule is Cl.Cl.O=C(NCCCN1CCN(Cc2ccccc2)CC1)NC1CCCCC1. The Morgan fingerprint density at radius 1 is 0.929 bits per heavy atom. The summed E-state index contributed by atoms with van der Waals surface area (Å²) in [5, 5.41) is 6.14. The van der Waals surface area contributed by atoms with Crippen molar-refractivity contribution in [2.75, 3.05) is 39.3 Å². The van der Waals surface area contributed by atoms with E-state index in [-0.39, 0.29) is 30.8 Å². The third kappa shape index (κ3) is 8.99. The van der Waals surface area contributed by atoms with Crippen LogP contribution in [0.3, 0.4) is 0 Å². The van der Waals surface area contributed by atoms with E-state index >= 15 is 0 Å². The smallest absolute Gasteiger partial charge is 0.315 e. The fourth-order valence-electron chi connectivity index (χ4n) is 4.00. The molecule has 3 rings (SSSR count). The van der Waals surface area contributed by atoms with Crippen LogP contribution in [0.25, 0.3) is 0 Å². The molecule has 0 radical (unpaired) electrons. The molecule has 1 saturated carbocycles. The lowest BCUT2D eigenvalue weighted by Gasteiger charge is -2.34. The number of carbonyl (C=O) groups is 1. The zero-order valence-electron chi connectivity index (χ0n) is 16.8. The molecule has 160 valence electrons. The highest BCUT2D eigenvalue weighted by atomic mass is 35.5. The molecule has 0 aromatic heterocycles. The van der Waals surface area contributed by atoms with E-state index in [1.54, 1.807) is 0 Å². The molecule has 0 atom stereocenters. The number of hydrogen-bond donors (Lipinski definition) is 2. The average Bonchev–Trinajstić information content (AvgIpc) is 2.68. The first-order valence-electron chi connectivity index (χ1n) is 10.3. The highest BCUT2D eigenvalue weighted by Crippen LogP contribution is 2.17. The van der Waals surface area contributed by atoms with Crippen LogP contribution in [0.2, 0.25) is 0 Å². The average molecular weight is 431 g/mol. The van der Waals surface area contributed by atoms with Gasteiger partial charge in [0.05, 0.1) is 0 Å². The second kappa shape index (κ2) is 14.0. The van der Waals surface area contributed by atoms with Crippen LogP contribution in [-0.2, 0) is 6.54 Å². The lowest BCUT2D eigenvalue weighted by molar-refractivity contribution is 0.126. The van der Waals surface area contributed by atoms with Crippen LogP contribution in [0.5, 0.6) is 0 Å². The van der Waals surface area contributed by atoms with Gasteiger partial charge in [-0.05, 0) is 31.4 Å². The molecule has 2 N–H and O–H groups in total. The molecular formula is C21H36Cl2N4O. The number of piperazine rings is 1. The molecule has 7 heteroatoms. The van der Waals surface area contributed by atoms with E-state index in [1.807, 2.05) is 0 Å². The fourth-order valence-corrected chi connectivity index (χ4v) is 4.00. The Labute approximate surface area is 182 Å². The highest BCUT2D eigenvalue weighted by Gasteiger charge is 2.17. The molecule has 1 aromatic carbocycles. The summed E-state index contributed by atoms with van der Waals surface area (Å²) in [5.74, 6) is 0. The van der Waals surface area contributed by atoms with Crippen LogP contribution < -0.4 is 10.6 Å². The van der Waals surface area contributed by atoms with Crippen molar-refractivity contribution in [2.24, 2.45) is 0 Å². The molecule has 0 spiro atoms. The van der Waals surface area contributed by atoms with Gasteiger partial charge in [-0.15, -0.1) is 24.8 Å². The summed E-state index contributed by atoms with van der Waals surface area (Å²) in [4.78, 5) is 17.0. The normalized spacial score (nSPS) is 18.6. The number of hydrogen-bond acceptors (Lipinski definition) is 3. The van der Waals surface area contributed by atoms with Gasteiger partial charge in [-0.3, -0.25) is 4.90 Å². The van der Waals surface area contributed by atoms with Crippen LogP contribution in [-0.4, -0.2) is 61.1 Å². The summed E-state index contributed by atoms with van der Waals surface area (Å²) in [7, 11) is 0. The molecular weight excluding hydrogens is 395 g/mol. The van der Waals surface area contributed by atoms with Gasteiger partial charge in [0, 0.05) is 45.3 Å². The van der Waals surface area contributed by atoms with Gasteiger partial charge in [-0.25, -0.2) is 4.79 Å². The quantitative estimate of drug-likeness (QED) is 0.648. The molecule has 2 amide bonds. The molecule has 0 unspecified atom stereocenters. The summed E-state index contributed by atoms with van der Waals surface area (Å²) in [5.41, 5.74) is 1.40. The van der Waals surface area contributed by atoms with E-state index in [1.165, 1.54) is 24.8 Å². The Hall–Kier alpha value is -1.01. The molecule has 1 aliphatic carbocycles. The van der Waals surface area contributed by atoms with Crippen molar-refractivity contribution < 1.29 is 4.79 Å².